The lowest BCUT2D eigenvalue weighted by atomic mass is 10.1. The zero-order valence-corrected chi connectivity index (χ0v) is 16.8. The van der Waals surface area contributed by atoms with Gasteiger partial charge in [-0.25, -0.2) is 4.79 Å². The minimum Gasteiger partial charge on any atom is -0.490 e. The molecule has 0 saturated heterocycles. The van der Waals surface area contributed by atoms with Crippen LogP contribution >= 0.6 is 23.2 Å². The number of aliphatic carboxylic acids is 1. The van der Waals surface area contributed by atoms with E-state index in [1.807, 2.05) is 12.1 Å². The largest absolute Gasteiger partial charge is 0.490 e. The van der Waals surface area contributed by atoms with E-state index in [9.17, 15) is 14.7 Å². The molecule has 148 valence electrons. The lowest BCUT2D eigenvalue weighted by Gasteiger charge is -2.15. The molecule has 0 unspecified atom stereocenters. The Morgan fingerprint density at radius 1 is 1.18 bits per heavy atom. The van der Waals surface area contributed by atoms with Gasteiger partial charge in [-0.1, -0.05) is 35.3 Å². The van der Waals surface area contributed by atoms with Crippen molar-refractivity contribution in [2.24, 2.45) is 0 Å². The number of hydrogen-bond acceptors (Lipinski definition) is 4. The van der Waals surface area contributed by atoms with Crippen LogP contribution in [0.1, 0.15) is 25.0 Å². The van der Waals surface area contributed by atoms with E-state index in [-0.39, 0.29) is 17.3 Å². The molecule has 2 rings (SSSR count). The number of carbonyl (C=O) groups is 2. The summed E-state index contributed by atoms with van der Waals surface area (Å²) < 4.78 is 11.4. The average Bonchev–Trinajstić information content (AvgIpc) is 2.60. The van der Waals surface area contributed by atoms with E-state index in [4.69, 9.17) is 32.7 Å². The van der Waals surface area contributed by atoms with Crippen LogP contribution in [0, 0.1) is 0 Å². The van der Waals surface area contributed by atoms with Crippen molar-refractivity contribution < 1.29 is 24.2 Å². The van der Waals surface area contributed by atoms with Crippen LogP contribution in [0.25, 0.3) is 6.08 Å². The maximum Gasteiger partial charge on any atom is 0.352 e. The highest BCUT2D eigenvalue weighted by molar-refractivity contribution is 6.32. The van der Waals surface area contributed by atoms with E-state index in [0.29, 0.717) is 28.7 Å². The van der Waals surface area contributed by atoms with Crippen molar-refractivity contribution >= 4 is 41.2 Å². The molecular weight excluding hydrogens is 405 g/mol. The third-order valence-corrected chi connectivity index (χ3v) is 3.97. The molecule has 0 spiro atoms. The average molecular weight is 424 g/mol. The lowest BCUT2D eigenvalue weighted by molar-refractivity contribution is -0.134. The predicted molar refractivity (Wildman–Crippen MR) is 108 cm³/mol. The van der Waals surface area contributed by atoms with E-state index in [0.717, 1.165) is 5.56 Å². The topological polar surface area (TPSA) is 84.9 Å². The summed E-state index contributed by atoms with van der Waals surface area (Å²) in [5, 5.41) is 12.3. The summed E-state index contributed by atoms with van der Waals surface area (Å²) >= 11 is 12.3. The van der Waals surface area contributed by atoms with Crippen molar-refractivity contribution in [1.29, 1.82) is 0 Å². The van der Waals surface area contributed by atoms with E-state index >= 15 is 0 Å². The van der Waals surface area contributed by atoms with E-state index < -0.39 is 11.9 Å². The Balaban J connectivity index is 2.34. The Hall–Kier alpha value is -2.70. The molecule has 28 heavy (non-hydrogen) atoms. The third-order valence-electron chi connectivity index (χ3n) is 3.46. The van der Waals surface area contributed by atoms with Crippen LogP contribution in [0.5, 0.6) is 11.5 Å². The SMILES string of the molecule is CCOc1cc(C=C(NC(C)=O)C(=O)O)cc(Cl)c1OCc1cccc(Cl)c1. The number of halogens is 2. The van der Waals surface area contributed by atoms with Gasteiger partial charge in [0.15, 0.2) is 11.5 Å². The molecule has 0 fully saturated rings. The van der Waals surface area contributed by atoms with Gasteiger partial charge >= 0.3 is 5.97 Å². The molecule has 2 N–H and O–H groups in total. The van der Waals surface area contributed by atoms with Crippen molar-refractivity contribution in [2.75, 3.05) is 6.61 Å². The third kappa shape index (κ3) is 6.18. The molecule has 0 aliphatic heterocycles. The summed E-state index contributed by atoms with van der Waals surface area (Å²) in [6, 6.07) is 10.3. The van der Waals surface area contributed by atoms with E-state index in [2.05, 4.69) is 5.32 Å². The quantitative estimate of drug-likeness (QED) is 0.609. The summed E-state index contributed by atoms with van der Waals surface area (Å²) in [7, 11) is 0. The van der Waals surface area contributed by atoms with Gasteiger partial charge in [0, 0.05) is 11.9 Å². The molecule has 0 radical (unpaired) electrons. The number of carboxylic acids is 1. The number of benzene rings is 2. The molecule has 0 aromatic heterocycles. The van der Waals surface area contributed by atoms with Crippen LogP contribution in [0.3, 0.4) is 0 Å². The minimum absolute atomic E-state index is 0.224. The Morgan fingerprint density at radius 2 is 1.93 bits per heavy atom. The molecule has 0 heterocycles. The van der Waals surface area contributed by atoms with Crippen molar-refractivity contribution in [1.82, 2.24) is 5.32 Å². The van der Waals surface area contributed by atoms with Crippen LogP contribution in [0.15, 0.2) is 42.1 Å². The fourth-order valence-corrected chi connectivity index (χ4v) is 2.85. The predicted octanol–water partition coefficient (Wildman–Crippen LogP) is 4.53. The standard InChI is InChI=1S/C20H19Cl2NO5/c1-3-27-18-10-14(9-17(20(25)26)23-12(2)24)8-16(22)19(18)28-11-13-5-4-6-15(21)7-13/h4-10H,3,11H2,1-2H3,(H,23,24)(H,25,26). The van der Waals surface area contributed by atoms with Gasteiger partial charge in [0.25, 0.3) is 0 Å². The molecule has 8 heteroatoms. The molecule has 1 amide bonds. The van der Waals surface area contributed by atoms with Gasteiger partial charge in [0.05, 0.1) is 11.6 Å². The Kier molecular flexibility index (Phi) is 7.72. The Morgan fingerprint density at radius 3 is 2.54 bits per heavy atom. The first-order valence-electron chi connectivity index (χ1n) is 8.36. The monoisotopic (exact) mass is 423 g/mol. The highest BCUT2D eigenvalue weighted by Crippen LogP contribution is 2.38. The maximum absolute atomic E-state index is 11.3. The fraction of sp³-hybridized carbons (Fsp3) is 0.200. The number of nitrogens with one attached hydrogen (secondary N) is 1. The van der Waals surface area contributed by atoms with Crippen molar-refractivity contribution in [3.63, 3.8) is 0 Å². The maximum atomic E-state index is 11.3. The second kappa shape index (κ2) is 10.0. The van der Waals surface area contributed by atoms with Crippen molar-refractivity contribution in [3.8, 4) is 11.5 Å². The molecule has 2 aromatic rings. The second-order valence-corrected chi connectivity index (χ2v) is 6.57. The van der Waals surface area contributed by atoms with Gasteiger partial charge < -0.3 is 19.9 Å². The normalized spacial score (nSPS) is 11.1. The van der Waals surface area contributed by atoms with Gasteiger partial charge in [-0.2, -0.15) is 0 Å². The molecular formula is C20H19Cl2NO5. The molecule has 0 aliphatic carbocycles. The summed E-state index contributed by atoms with van der Waals surface area (Å²) in [5.41, 5.74) is 1.02. The summed E-state index contributed by atoms with van der Waals surface area (Å²) in [6.45, 7) is 3.61. The molecule has 0 bridgehead atoms. The fourth-order valence-electron chi connectivity index (χ4n) is 2.36. The first-order valence-corrected chi connectivity index (χ1v) is 9.12. The van der Waals surface area contributed by atoms with Crippen LogP contribution in [0.4, 0.5) is 0 Å². The van der Waals surface area contributed by atoms with Crippen LogP contribution in [0.2, 0.25) is 10.0 Å². The number of ether oxygens (including phenoxy) is 2. The van der Waals surface area contributed by atoms with Gasteiger partial charge in [0.1, 0.15) is 12.3 Å². The summed E-state index contributed by atoms with van der Waals surface area (Å²) in [5.74, 6) is -1.08. The molecule has 2 aromatic carbocycles. The number of rotatable bonds is 8. The molecule has 0 aliphatic rings. The zero-order chi connectivity index (χ0) is 20.7. The lowest BCUT2D eigenvalue weighted by Crippen LogP contribution is -2.24. The summed E-state index contributed by atoms with van der Waals surface area (Å²) in [4.78, 5) is 22.5. The van der Waals surface area contributed by atoms with Gasteiger partial charge in [0.2, 0.25) is 5.91 Å². The van der Waals surface area contributed by atoms with E-state index in [1.54, 1.807) is 25.1 Å². The Bertz CT molecular complexity index is 911. The molecule has 0 atom stereocenters. The van der Waals surface area contributed by atoms with Crippen LogP contribution in [-0.2, 0) is 16.2 Å². The van der Waals surface area contributed by atoms with Gasteiger partial charge in [-0.15, -0.1) is 0 Å². The summed E-state index contributed by atoms with van der Waals surface area (Å²) in [6.07, 6.45) is 1.29. The van der Waals surface area contributed by atoms with Crippen LogP contribution < -0.4 is 14.8 Å². The van der Waals surface area contributed by atoms with Gasteiger partial charge in [-0.3, -0.25) is 4.79 Å². The highest BCUT2D eigenvalue weighted by atomic mass is 35.5. The van der Waals surface area contributed by atoms with Crippen LogP contribution in [-0.4, -0.2) is 23.6 Å². The highest BCUT2D eigenvalue weighted by Gasteiger charge is 2.15. The van der Waals surface area contributed by atoms with E-state index in [1.165, 1.54) is 19.1 Å². The number of amides is 1. The van der Waals surface area contributed by atoms with Crippen molar-refractivity contribution in [2.45, 2.75) is 20.5 Å². The van der Waals surface area contributed by atoms with Crippen molar-refractivity contribution in [3.05, 3.63) is 63.3 Å². The smallest absolute Gasteiger partial charge is 0.352 e. The molecule has 0 saturated carbocycles. The number of carbonyl (C=O) groups excluding carboxylic acids is 1. The number of hydrogen-bond donors (Lipinski definition) is 2. The minimum atomic E-state index is -1.27. The first kappa shape index (κ1) is 21.6. The molecule has 6 nitrogen and oxygen atoms in total. The van der Waals surface area contributed by atoms with Gasteiger partial charge in [-0.05, 0) is 48.4 Å². The Labute approximate surface area is 172 Å². The first-order chi connectivity index (χ1) is 13.3. The zero-order valence-electron chi connectivity index (χ0n) is 15.3. The number of carboxylic acid groups (broad SMARTS) is 1. The second-order valence-electron chi connectivity index (χ2n) is 5.73.